The number of carbonyl (C=O) groups excluding carboxylic acids is 2. The van der Waals surface area contributed by atoms with Gasteiger partial charge in [-0.15, -0.1) is 6.58 Å². The van der Waals surface area contributed by atoms with Crippen molar-refractivity contribution in [3.05, 3.63) is 78.5 Å². The van der Waals surface area contributed by atoms with Gasteiger partial charge in [-0.2, -0.15) is 0 Å². The Balaban J connectivity index is 1.67. The highest BCUT2D eigenvalue weighted by molar-refractivity contribution is 6.16. The van der Waals surface area contributed by atoms with Crippen molar-refractivity contribution in [3.63, 3.8) is 0 Å². The summed E-state index contributed by atoms with van der Waals surface area (Å²) in [6.07, 6.45) is 2.88. The molecule has 2 atom stereocenters. The number of carbonyl (C=O) groups is 2. The fourth-order valence-corrected chi connectivity index (χ4v) is 4.56. The molecular weight excluding hydrogens is 418 g/mol. The van der Waals surface area contributed by atoms with Crippen molar-refractivity contribution in [1.29, 1.82) is 0 Å². The van der Waals surface area contributed by atoms with Crippen LogP contribution in [0.15, 0.2) is 72.4 Å². The van der Waals surface area contributed by atoms with Gasteiger partial charge in [0, 0.05) is 25.4 Å². The van der Waals surface area contributed by atoms with E-state index >= 15 is 0 Å². The molecule has 33 heavy (non-hydrogen) atoms. The largest absolute Gasteiger partial charge is 0.495 e. The number of ether oxygens (including phenoxy) is 1. The van der Waals surface area contributed by atoms with Crippen molar-refractivity contribution in [2.24, 2.45) is 4.99 Å². The number of aryl methyl sites for hydroxylation is 1. The molecule has 8 heteroatoms. The van der Waals surface area contributed by atoms with Gasteiger partial charge in [-0.25, -0.2) is 9.79 Å². The van der Waals surface area contributed by atoms with Gasteiger partial charge in [0.1, 0.15) is 5.75 Å². The molecule has 0 spiro atoms. The molecule has 5 rings (SSSR count). The van der Waals surface area contributed by atoms with Crippen molar-refractivity contribution < 1.29 is 14.3 Å². The highest BCUT2D eigenvalue weighted by atomic mass is 16.5. The molecule has 0 aromatic heterocycles. The van der Waals surface area contributed by atoms with Gasteiger partial charge in [0.2, 0.25) is 5.96 Å². The smallest absolute Gasteiger partial charge is 0.328 e. The fourth-order valence-electron chi connectivity index (χ4n) is 4.56. The number of fused-ring (bicyclic) bond motifs is 3. The zero-order chi connectivity index (χ0) is 23.3. The maximum atomic E-state index is 13.4. The number of anilines is 1. The maximum absolute atomic E-state index is 13.4. The Morgan fingerprint density at radius 3 is 2.61 bits per heavy atom. The molecule has 2 aromatic rings. The third-order valence-electron chi connectivity index (χ3n) is 6.17. The monoisotopic (exact) mass is 443 g/mol. The molecule has 168 valence electrons. The summed E-state index contributed by atoms with van der Waals surface area (Å²) in [6.45, 7) is 5.86. The van der Waals surface area contributed by atoms with E-state index in [1.54, 1.807) is 20.2 Å². The first-order chi connectivity index (χ1) is 16.0. The van der Waals surface area contributed by atoms with Crippen LogP contribution in [-0.2, 0) is 4.79 Å². The molecule has 2 aromatic carbocycles. The van der Waals surface area contributed by atoms with E-state index in [4.69, 9.17) is 9.73 Å². The second-order valence-corrected chi connectivity index (χ2v) is 8.22. The Kier molecular flexibility index (Phi) is 4.92. The lowest BCUT2D eigenvalue weighted by molar-refractivity contribution is -0.136. The van der Waals surface area contributed by atoms with Crippen LogP contribution in [-0.4, -0.2) is 65.5 Å². The molecule has 3 aliphatic rings. The average molecular weight is 444 g/mol. The van der Waals surface area contributed by atoms with Gasteiger partial charge in [-0.05, 0) is 24.6 Å². The zero-order valence-electron chi connectivity index (χ0n) is 18.8. The number of amides is 3. The standard InChI is InChI=1S/C25H25N5O3/c1-5-13-28-23(31)21-22(27(3)25(28)32)26-24-29(21)15-19(17-9-7-6-8-10-17)30(24)18-14-16(2)11-12-20(18)33-4/h5-12,14-15,21-22H,1,13H2,2-4H3. The van der Waals surface area contributed by atoms with E-state index in [9.17, 15) is 9.59 Å². The number of hydrogen-bond acceptors (Lipinski definition) is 6. The van der Waals surface area contributed by atoms with Gasteiger partial charge in [0.25, 0.3) is 5.91 Å². The third-order valence-corrected chi connectivity index (χ3v) is 6.17. The van der Waals surface area contributed by atoms with Crippen molar-refractivity contribution in [2.45, 2.75) is 19.1 Å². The van der Waals surface area contributed by atoms with E-state index in [-0.39, 0.29) is 18.5 Å². The predicted molar refractivity (Wildman–Crippen MR) is 127 cm³/mol. The van der Waals surface area contributed by atoms with Crippen molar-refractivity contribution in [3.8, 4) is 5.75 Å². The minimum atomic E-state index is -0.651. The molecule has 1 saturated heterocycles. The Hall–Kier alpha value is -4.07. The van der Waals surface area contributed by atoms with Crippen LogP contribution in [0, 0.1) is 6.92 Å². The van der Waals surface area contributed by atoms with Crippen LogP contribution in [0.25, 0.3) is 5.70 Å². The third kappa shape index (κ3) is 3.09. The fraction of sp³-hybridized carbons (Fsp3) is 0.240. The van der Waals surface area contributed by atoms with E-state index < -0.39 is 12.2 Å². The lowest BCUT2D eigenvalue weighted by atomic mass is 10.1. The molecule has 1 fully saturated rings. The van der Waals surface area contributed by atoms with Gasteiger partial charge < -0.3 is 9.64 Å². The van der Waals surface area contributed by atoms with Gasteiger partial charge in [-0.1, -0.05) is 42.5 Å². The van der Waals surface area contributed by atoms with Crippen molar-refractivity contribution >= 4 is 29.3 Å². The lowest BCUT2D eigenvalue weighted by Gasteiger charge is -2.39. The Labute approximate surface area is 192 Å². The summed E-state index contributed by atoms with van der Waals surface area (Å²) in [5.41, 5.74) is 3.73. The number of benzene rings is 2. The van der Waals surface area contributed by atoms with Gasteiger partial charge in [0.05, 0.1) is 18.5 Å². The van der Waals surface area contributed by atoms with Crippen LogP contribution in [0.2, 0.25) is 0 Å². The number of aliphatic imine (C=N–C) groups is 1. The van der Waals surface area contributed by atoms with E-state index in [0.29, 0.717) is 11.7 Å². The van der Waals surface area contributed by atoms with Crippen LogP contribution in [0.4, 0.5) is 10.5 Å². The van der Waals surface area contributed by atoms with Crippen LogP contribution in [0.5, 0.6) is 5.75 Å². The van der Waals surface area contributed by atoms with Crippen LogP contribution in [0.1, 0.15) is 11.1 Å². The summed E-state index contributed by atoms with van der Waals surface area (Å²) in [5.74, 6) is 0.982. The number of nitrogens with zero attached hydrogens (tertiary/aromatic N) is 5. The molecular formula is C25H25N5O3. The SMILES string of the molecule is C=CCN1C(=O)C2C(N=C3N(c4cc(C)ccc4OC)C(c4ccccc4)=CN32)N(C)C1=O. The van der Waals surface area contributed by atoms with Crippen LogP contribution >= 0.6 is 0 Å². The van der Waals surface area contributed by atoms with Crippen LogP contribution in [0.3, 0.4) is 0 Å². The summed E-state index contributed by atoms with van der Waals surface area (Å²) < 4.78 is 5.68. The van der Waals surface area contributed by atoms with E-state index in [2.05, 4.69) is 6.58 Å². The van der Waals surface area contributed by atoms with E-state index in [1.807, 2.05) is 71.5 Å². The molecule has 0 saturated carbocycles. The Morgan fingerprint density at radius 2 is 1.91 bits per heavy atom. The minimum Gasteiger partial charge on any atom is -0.495 e. The molecule has 0 aliphatic carbocycles. The average Bonchev–Trinajstić information content (AvgIpc) is 3.37. The number of likely N-dealkylation sites (N-methyl/N-ethyl adjacent to an activating group) is 1. The van der Waals surface area contributed by atoms with Crippen LogP contribution < -0.4 is 9.64 Å². The Bertz CT molecular complexity index is 1210. The number of urea groups is 1. The second kappa shape index (κ2) is 7.81. The summed E-state index contributed by atoms with van der Waals surface area (Å²) in [6, 6.07) is 14.9. The van der Waals surface area contributed by atoms with E-state index in [0.717, 1.165) is 22.5 Å². The summed E-state index contributed by atoms with van der Waals surface area (Å²) in [7, 11) is 3.31. The number of imide groups is 1. The zero-order valence-corrected chi connectivity index (χ0v) is 18.8. The Morgan fingerprint density at radius 1 is 1.15 bits per heavy atom. The molecule has 3 amide bonds. The molecule has 2 unspecified atom stereocenters. The number of rotatable bonds is 5. The van der Waals surface area contributed by atoms with E-state index in [1.165, 1.54) is 9.80 Å². The maximum Gasteiger partial charge on any atom is 0.328 e. The molecule has 0 radical (unpaired) electrons. The second-order valence-electron chi connectivity index (χ2n) is 8.22. The minimum absolute atomic E-state index is 0.152. The lowest BCUT2D eigenvalue weighted by Crippen LogP contribution is -2.64. The predicted octanol–water partition coefficient (Wildman–Crippen LogP) is 3.27. The molecule has 3 heterocycles. The first-order valence-electron chi connectivity index (χ1n) is 10.7. The normalized spacial score (nSPS) is 21.7. The highest BCUT2D eigenvalue weighted by Gasteiger charge is 2.54. The summed E-state index contributed by atoms with van der Waals surface area (Å²) in [5, 5.41) is 0. The van der Waals surface area contributed by atoms with Gasteiger partial charge in [0.15, 0.2) is 12.2 Å². The quantitative estimate of drug-likeness (QED) is 0.664. The summed E-state index contributed by atoms with van der Waals surface area (Å²) >= 11 is 0. The molecule has 0 bridgehead atoms. The number of methoxy groups -OCH3 is 1. The topological polar surface area (TPSA) is 68.7 Å². The molecule has 8 nitrogen and oxygen atoms in total. The van der Waals surface area contributed by atoms with Crippen molar-refractivity contribution in [1.82, 2.24) is 14.7 Å². The summed E-state index contributed by atoms with van der Waals surface area (Å²) in [4.78, 5) is 37.7. The first-order valence-corrected chi connectivity index (χ1v) is 10.7. The van der Waals surface area contributed by atoms with Gasteiger partial charge >= 0.3 is 6.03 Å². The molecule has 0 N–H and O–H groups in total. The number of guanidine groups is 1. The van der Waals surface area contributed by atoms with Gasteiger partial charge in [-0.3, -0.25) is 19.5 Å². The first kappa shape index (κ1) is 20.8. The molecule has 3 aliphatic heterocycles. The highest BCUT2D eigenvalue weighted by Crippen LogP contribution is 2.43. The number of hydrogen-bond donors (Lipinski definition) is 0. The van der Waals surface area contributed by atoms with Crippen molar-refractivity contribution in [2.75, 3.05) is 25.6 Å².